The van der Waals surface area contributed by atoms with Crippen molar-refractivity contribution in [3.05, 3.63) is 63.3 Å². The summed E-state index contributed by atoms with van der Waals surface area (Å²) < 4.78 is 55.9. The number of aromatic nitrogens is 1. The number of pyridine rings is 1. The maximum atomic E-state index is 14.7. The topological polar surface area (TPSA) is 66.4 Å². The summed E-state index contributed by atoms with van der Waals surface area (Å²) in [6.07, 6.45) is -0.534. The molecule has 4 aliphatic carbocycles. The smallest absolute Gasteiger partial charge is 0.381 e. The van der Waals surface area contributed by atoms with E-state index in [-0.39, 0.29) is 28.3 Å². The number of rotatable bonds is 6. The molecule has 36 heavy (non-hydrogen) atoms. The highest BCUT2D eigenvalue weighted by Crippen LogP contribution is 2.61. The van der Waals surface area contributed by atoms with E-state index in [0.717, 1.165) is 38.4 Å². The fraction of sp³-hybridized carbons (Fsp3) is 0.538. The second-order valence-corrected chi connectivity index (χ2v) is 11.1. The van der Waals surface area contributed by atoms with Crippen molar-refractivity contribution >= 4 is 11.6 Å². The average molecular weight is 505 g/mol. The lowest BCUT2D eigenvalue weighted by Gasteiger charge is -2.62. The molecule has 6 nitrogen and oxygen atoms in total. The van der Waals surface area contributed by atoms with Crippen molar-refractivity contribution in [2.75, 3.05) is 25.5 Å². The Morgan fingerprint density at radius 1 is 1.17 bits per heavy atom. The minimum absolute atomic E-state index is 0.163. The summed E-state index contributed by atoms with van der Waals surface area (Å²) in [4.78, 5) is 28.7. The van der Waals surface area contributed by atoms with E-state index in [1.54, 1.807) is 10.8 Å². The average Bonchev–Trinajstić information content (AvgIpc) is 3.17. The quantitative estimate of drug-likeness (QED) is 0.585. The van der Waals surface area contributed by atoms with Crippen LogP contribution in [-0.2, 0) is 11.7 Å². The molecule has 2 bridgehead atoms. The number of hydrogen-bond acceptors (Lipinski definition) is 4. The second kappa shape index (κ2) is 7.81. The number of carbonyl (C=O) groups is 1. The van der Waals surface area contributed by atoms with Gasteiger partial charge in [-0.2, -0.15) is 13.2 Å². The standard InChI is InChI=1S/C26H28F4N4O2/c1-13(15-4-3-5-19(22(15)27)26(28,29)30)31-24(36)18-12-34(25-7-14(8-25)9-25)21(35)6-20(18)32-23-16-10-33(2)11-17(16)23/h3-6,12-14,16-17,23,32H,7-11H2,1-2H3,(H,31,36)/t13-,14?,16-,17+,23+,25?/m1/s1. The van der Waals surface area contributed by atoms with Gasteiger partial charge < -0.3 is 20.1 Å². The fourth-order valence-electron chi connectivity index (χ4n) is 6.52. The van der Waals surface area contributed by atoms with Gasteiger partial charge in [0.2, 0.25) is 0 Å². The van der Waals surface area contributed by atoms with Crippen molar-refractivity contribution in [1.29, 1.82) is 0 Å². The molecule has 0 unspecified atom stereocenters. The van der Waals surface area contributed by atoms with E-state index in [1.807, 2.05) is 0 Å². The van der Waals surface area contributed by atoms with Gasteiger partial charge in [0, 0.05) is 42.5 Å². The summed E-state index contributed by atoms with van der Waals surface area (Å²) in [7, 11) is 2.06. The molecule has 1 aliphatic heterocycles. The summed E-state index contributed by atoms with van der Waals surface area (Å²) in [5, 5.41) is 6.05. The predicted octanol–water partition coefficient (Wildman–Crippen LogP) is 3.98. The number of hydrogen-bond donors (Lipinski definition) is 2. The molecule has 192 valence electrons. The number of nitrogens with one attached hydrogen (secondary N) is 2. The third-order valence-corrected chi connectivity index (χ3v) is 8.66. The second-order valence-electron chi connectivity index (χ2n) is 11.1. The van der Waals surface area contributed by atoms with Gasteiger partial charge in [-0.3, -0.25) is 9.59 Å². The SMILES string of the molecule is C[C@@H](NC(=O)c1cn(C23CC(C2)C3)c(=O)cc1N[C@H]1[C@@H]2CN(C)C[C@@H]21)c1cccc(C(F)(F)F)c1F. The van der Waals surface area contributed by atoms with E-state index in [4.69, 9.17) is 0 Å². The van der Waals surface area contributed by atoms with Gasteiger partial charge in [0.05, 0.1) is 22.9 Å². The van der Waals surface area contributed by atoms with Crippen molar-refractivity contribution in [2.45, 2.75) is 50.0 Å². The summed E-state index contributed by atoms with van der Waals surface area (Å²) >= 11 is 0. The third-order valence-electron chi connectivity index (χ3n) is 8.66. The van der Waals surface area contributed by atoms with Crippen LogP contribution >= 0.6 is 0 Å². The number of anilines is 1. The number of piperidine rings is 1. The van der Waals surface area contributed by atoms with E-state index in [2.05, 4.69) is 22.6 Å². The Morgan fingerprint density at radius 3 is 2.42 bits per heavy atom. The highest BCUT2D eigenvalue weighted by molar-refractivity contribution is 5.99. The number of likely N-dealkylation sites (tertiary alicyclic amines) is 1. The fourth-order valence-corrected chi connectivity index (χ4v) is 6.52. The molecule has 2 aromatic rings. The zero-order chi connectivity index (χ0) is 25.6. The number of amides is 1. The maximum Gasteiger partial charge on any atom is 0.419 e. The summed E-state index contributed by atoms with van der Waals surface area (Å²) in [5.74, 6) is -0.443. The highest BCUT2D eigenvalue weighted by atomic mass is 19.4. The molecule has 1 aromatic carbocycles. The van der Waals surface area contributed by atoms with Crippen molar-refractivity contribution < 1.29 is 22.4 Å². The van der Waals surface area contributed by atoms with Crippen LogP contribution in [0.15, 0.2) is 35.3 Å². The predicted molar refractivity (Wildman–Crippen MR) is 125 cm³/mol. The molecule has 2 heterocycles. The van der Waals surface area contributed by atoms with Crippen LogP contribution in [0.1, 0.15) is 53.7 Å². The lowest BCUT2D eigenvalue weighted by molar-refractivity contribution is -0.140. The molecule has 10 heteroatoms. The summed E-state index contributed by atoms with van der Waals surface area (Å²) in [6.45, 7) is 3.33. The van der Waals surface area contributed by atoms with Crippen molar-refractivity contribution in [2.24, 2.45) is 17.8 Å². The number of nitrogens with zero attached hydrogens (tertiary/aromatic N) is 2. The molecule has 1 aromatic heterocycles. The Kier molecular flexibility index (Phi) is 5.10. The lowest BCUT2D eigenvalue weighted by Crippen LogP contribution is -2.62. The van der Waals surface area contributed by atoms with Crippen LogP contribution in [0.25, 0.3) is 0 Å². The molecule has 4 atom stereocenters. The van der Waals surface area contributed by atoms with Gasteiger partial charge in [0.15, 0.2) is 0 Å². The molecule has 5 aliphatic rings. The van der Waals surface area contributed by atoms with Crippen LogP contribution in [-0.4, -0.2) is 41.6 Å². The maximum absolute atomic E-state index is 14.7. The number of halogens is 4. The zero-order valence-electron chi connectivity index (χ0n) is 20.0. The molecular formula is C26H28F4N4O2. The molecule has 0 radical (unpaired) electrons. The van der Waals surface area contributed by atoms with Crippen LogP contribution in [0, 0.1) is 23.6 Å². The molecule has 1 saturated heterocycles. The van der Waals surface area contributed by atoms with E-state index in [0.29, 0.717) is 29.5 Å². The first-order valence-electron chi connectivity index (χ1n) is 12.4. The first-order valence-corrected chi connectivity index (χ1v) is 12.4. The van der Waals surface area contributed by atoms with Crippen molar-refractivity contribution in [1.82, 2.24) is 14.8 Å². The number of alkyl halides is 3. The molecular weight excluding hydrogens is 476 g/mol. The molecule has 2 N–H and O–H groups in total. The number of carbonyl (C=O) groups excluding carboxylic acids is 1. The minimum Gasteiger partial charge on any atom is -0.381 e. The zero-order valence-corrected chi connectivity index (χ0v) is 20.0. The van der Waals surface area contributed by atoms with E-state index < -0.39 is 29.5 Å². The van der Waals surface area contributed by atoms with Crippen molar-refractivity contribution in [3.63, 3.8) is 0 Å². The van der Waals surface area contributed by atoms with E-state index in [1.165, 1.54) is 19.1 Å². The number of benzene rings is 1. The van der Waals surface area contributed by atoms with Crippen LogP contribution in [0.2, 0.25) is 0 Å². The van der Waals surface area contributed by atoms with Crippen LogP contribution in [0.5, 0.6) is 0 Å². The Hall–Kier alpha value is -2.88. The summed E-state index contributed by atoms with van der Waals surface area (Å²) in [5.41, 5.74) is -1.37. The largest absolute Gasteiger partial charge is 0.419 e. The molecule has 4 saturated carbocycles. The minimum atomic E-state index is -4.84. The van der Waals surface area contributed by atoms with Gasteiger partial charge in [0.1, 0.15) is 5.82 Å². The Labute approximate surface area is 205 Å². The van der Waals surface area contributed by atoms with Gasteiger partial charge in [-0.25, -0.2) is 4.39 Å². The normalized spacial score (nSPS) is 31.2. The van der Waals surface area contributed by atoms with Gasteiger partial charge >= 0.3 is 6.18 Å². The van der Waals surface area contributed by atoms with Gasteiger partial charge in [-0.15, -0.1) is 0 Å². The van der Waals surface area contributed by atoms with Gasteiger partial charge in [-0.05, 0) is 57.1 Å². The van der Waals surface area contributed by atoms with Crippen molar-refractivity contribution in [3.8, 4) is 0 Å². The Morgan fingerprint density at radius 2 is 1.83 bits per heavy atom. The van der Waals surface area contributed by atoms with E-state index >= 15 is 0 Å². The van der Waals surface area contributed by atoms with Crippen LogP contribution < -0.4 is 16.2 Å². The molecule has 0 spiro atoms. The molecule has 7 rings (SSSR count). The molecule has 5 fully saturated rings. The monoisotopic (exact) mass is 504 g/mol. The lowest BCUT2D eigenvalue weighted by atomic mass is 9.49. The first kappa shape index (κ1) is 23.5. The number of fused-ring (bicyclic) bond motifs is 1. The van der Waals surface area contributed by atoms with Gasteiger partial charge in [-0.1, -0.05) is 12.1 Å². The first-order chi connectivity index (χ1) is 17.0. The van der Waals surface area contributed by atoms with Gasteiger partial charge in [0.25, 0.3) is 11.5 Å². The van der Waals surface area contributed by atoms with Crippen LogP contribution in [0.4, 0.5) is 23.2 Å². The third kappa shape index (κ3) is 3.64. The highest BCUT2D eigenvalue weighted by Gasteiger charge is 2.58. The molecule has 1 amide bonds. The Balaban J connectivity index is 1.29. The summed E-state index contributed by atoms with van der Waals surface area (Å²) in [6, 6.07) is 3.65. The van der Waals surface area contributed by atoms with E-state index in [9.17, 15) is 27.2 Å². The Bertz CT molecular complexity index is 1280. The van der Waals surface area contributed by atoms with Crippen LogP contribution in [0.3, 0.4) is 0 Å².